The number of esters is 4. The zero-order valence-corrected chi connectivity index (χ0v) is 53.0. The van der Waals surface area contributed by atoms with E-state index in [-0.39, 0.29) is 25.7 Å². The van der Waals surface area contributed by atoms with Crippen LogP contribution in [-0.2, 0) is 65.4 Å². The van der Waals surface area contributed by atoms with Gasteiger partial charge in [0.15, 0.2) is 12.2 Å². The summed E-state index contributed by atoms with van der Waals surface area (Å²) in [4.78, 5) is 71.9. The summed E-state index contributed by atoms with van der Waals surface area (Å²) in [6.45, 7) is 7.08. The Kier molecular flexibility index (Phi) is 53.6. The quantitative estimate of drug-likeness (QED) is 0.0222. The zero-order chi connectivity index (χ0) is 59.2. The number of hydrogen-bond donors (Lipinski definition) is 3. The molecule has 19 heteroatoms. The van der Waals surface area contributed by atoms with Crippen molar-refractivity contribution in [3.8, 4) is 0 Å². The van der Waals surface area contributed by atoms with E-state index in [1.54, 1.807) is 0 Å². The van der Waals surface area contributed by atoms with Gasteiger partial charge in [-0.1, -0.05) is 253 Å². The standard InChI is InChI=1S/C61H118O17P2/c1-6-9-12-15-18-21-22-23-24-26-31-37-42-47-61(66)78-57(51-72-59(64)45-40-35-32-27-28-33-38-43-54(4)5)53-76-80(69,70)74-49-55(62)48-73-79(67,68)75-52-56(50-71-58(63)44-39-34-29-20-17-14-11-8-3)77-60(65)46-41-36-30-25-19-16-13-10-7-2/h54-57,62H,6-53H2,1-5H3,(H,67,68)(H,69,70)/t55-,56+,57+/m0/s1. The molecule has 0 aliphatic carbocycles. The average Bonchev–Trinajstić information content (AvgIpc) is 3.42. The van der Waals surface area contributed by atoms with E-state index in [9.17, 15) is 43.2 Å². The summed E-state index contributed by atoms with van der Waals surface area (Å²) in [5, 5.41) is 10.5. The highest BCUT2D eigenvalue weighted by atomic mass is 31.2. The van der Waals surface area contributed by atoms with E-state index >= 15 is 0 Å². The molecule has 2 unspecified atom stereocenters. The van der Waals surface area contributed by atoms with Crippen molar-refractivity contribution in [1.82, 2.24) is 0 Å². The number of aliphatic hydroxyl groups is 1. The Labute approximate surface area is 486 Å². The van der Waals surface area contributed by atoms with Crippen LogP contribution < -0.4 is 0 Å². The molecule has 0 aliphatic heterocycles. The normalized spacial score (nSPS) is 14.3. The minimum Gasteiger partial charge on any atom is -0.462 e. The SMILES string of the molecule is CCCCCCCCCCCCCCCC(=O)O[C@H](COC(=O)CCCCCCCCCC(C)C)COP(=O)(O)OC[C@@H](O)COP(=O)(O)OC[C@@H](COC(=O)CCCCCCCCCC)OC(=O)CCCCCCCCCCC. The first-order valence-corrected chi connectivity index (χ1v) is 35.1. The second-order valence-electron chi connectivity index (χ2n) is 22.6. The van der Waals surface area contributed by atoms with Crippen molar-refractivity contribution in [2.75, 3.05) is 39.6 Å². The molecule has 0 saturated carbocycles. The van der Waals surface area contributed by atoms with Gasteiger partial charge in [-0.05, 0) is 31.6 Å². The fraction of sp³-hybridized carbons (Fsp3) is 0.934. The predicted molar refractivity (Wildman–Crippen MR) is 317 cm³/mol. The van der Waals surface area contributed by atoms with Crippen molar-refractivity contribution >= 4 is 39.5 Å². The minimum absolute atomic E-state index is 0.105. The molecule has 3 N–H and O–H groups in total. The van der Waals surface area contributed by atoms with Crippen molar-refractivity contribution in [3.05, 3.63) is 0 Å². The molecule has 474 valence electrons. The molecule has 0 aromatic rings. The van der Waals surface area contributed by atoms with E-state index in [4.69, 9.17) is 37.0 Å². The smallest absolute Gasteiger partial charge is 0.462 e. The molecule has 0 rings (SSSR count). The third-order valence-electron chi connectivity index (χ3n) is 14.0. The molecule has 0 aromatic heterocycles. The maximum Gasteiger partial charge on any atom is 0.472 e. The topological polar surface area (TPSA) is 237 Å². The minimum atomic E-state index is -4.94. The van der Waals surface area contributed by atoms with Gasteiger partial charge in [-0.3, -0.25) is 37.3 Å². The third kappa shape index (κ3) is 55.3. The lowest BCUT2D eigenvalue weighted by molar-refractivity contribution is -0.161. The van der Waals surface area contributed by atoms with Crippen LogP contribution >= 0.6 is 15.6 Å². The van der Waals surface area contributed by atoms with Gasteiger partial charge in [0.2, 0.25) is 0 Å². The molecule has 0 aromatic carbocycles. The van der Waals surface area contributed by atoms with Gasteiger partial charge in [0, 0.05) is 25.7 Å². The Morgan fingerprint density at radius 2 is 0.575 bits per heavy atom. The van der Waals surface area contributed by atoms with Gasteiger partial charge < -0.3 is 33.8 Å². The monoisotopic (exact) mass is 1180 g/mol. The van der Waals surface area contributed by atoms with Gasteiger partial charge in [0.1, 0.15) is 19.3 Å². The molecule has 17 nitrogen and oxygen atoms in total. The van der Waals surface area contributed by atoms with Gasteiger partial charge in [0.05, 0.1) is 26.4 Å². The molecule has 80 heavy (non-hydrogen) atoms. The number of rotatable bonds is 61. The van der Waals surface area contributed by atoms with Crippen LogP contribution in [0.15, 0.2) is 0 Å². The molecule has 0 fully saturated rings. The van der Waals surface area contributed by atoms with Crippen LogP contribution in [0.25, 0.3) is 0 Å². The van der Waals surface area contributed by atoms with Crippen LogP contribution in [0, 0.1) is 5.92 Å². The second kappa shape index (κ2) is 55.0. The Morgan fingerprint density at radius 1 is 0.338 bits per heavy atom. The van der Waals surface area contributed by atoms with E-state index in [0.717, 1.165) is 103 Å². The first-order valence-electron chi connectivity index (χ1n) is 32.1. The van der Waals surface area contributed by atoms with E-state index in [1.165, 1.54) is 116 Å². The zero-order valence-electron chi connectivity index (χ0n) is 51.2. The molecule has 0 amide bonds. The summed E-state index contributed by atoms with van der Waals surface area (Å²) in [5.41, 5.74) is 0. The Balaban J connectivity index is 5.22. The van der Waals surface area contributed by atoms with Gasteiger partial charge in [0.25, 0.3) is 0 Å². The number of phosphoric ester groups is 2. The second-order valence-corrected chi connectivity index (χ2v) is 25.5. The number of aliphatic hydroxyl groups excluding tert-OH is 1. The molecular formula is C61H118O17P2. The average molecular weight is 1190 g/mol. The molecular weight excluding hydrogens is 1070 g/mol. The first-order chi connectivity index (χ1) is 38.5. The lowest BCUT2D eigenvalue weighted by Crippen LogP contribution is -2.30. The van der Waals surface area contributed by atoms with Crippen molar-refractivity contribution in [2.45, 2.75) is 323 Å². The van der Waals surface area contributed by atoms with Gasteiger partial charge in [-0.15, -0.1) is 0 Å². The maximum absolute atomic E-state index is 12.9. The van der Waals surface area contributed by atoms with Crippen LogP contribution in [0.3, 0.4) is 0 Å². The molecule has 0 spiro atoms. The fourth-order valence-corrected chi connectivity index (χ4v) is 10.6. The van der Waals surface area contributed by atoms with Crippen LogP contribution in [0.4, 0.5) is 0 Å². The fourth-order valence-electron chi connectivity index (χ4n) is 9.05. The van der Waals surface area contributed by atoms with Crippen LogP contribution in [-0.4, -0.2) is 96.7 Å². The van der Waals surface area contributed by atoms with Crippen molar-refractivity contribution in [2.24, 2.45) is 5.92 Å². The van der Waals surface area contributed by atoms with Gasteiger partial charge in [-0.25, -0.2) is 9.13 Å². The highest BCUT2D eigenvalue weighted by Gasteiger charge is 2.30. The van der Waals surface area contributed by atoms with Gasteiger partial charge >= 0.3 is 39.5 Å². The molecule has 0 bridgehead atoms. The largest absolute Gasteiger partial charge is 0.472 e. The lowest BCUT2D eigenvalue weighted by atomic mass is 10.0. The van der Waals surface area contributed by atoms with Crippen LogP contribution in [0.5, 0.6) is 0 Å². The van der Waals surface area contributed by atoms with E-state index in [1.807, 2.05) is 0 Å². The summed E-state index contributed by atoms with van der Waals surface area (Å²) in [7, 11) is -9.87. The molecule has 0 saturated heterocycles. The Hall–Kier alpha value is -1.94. The molecule has 0 radical (unpaired) electrons. The highest BCUT2D eigenvalue weighted by molar-refractivity contribution is 7.47. The lowest BCUT2D eigenvalue weighted by Gasteiger charge is -2.21. The number of phosphoric acid groups is 2. The molecule has 0 aliphatic rings. The summed E-state index contributed by atoms with van der Waals surface area (Å²) >= 11 is 0. The number of carbonyl (C=O) groups excluding carboxylic acids is 4. The first kappa shape index (κ1) is 78.1. The van der Waals surface area contributed by atoms with E-state index in [0.29, 0.717) is 31.6 Å². The maximum atomic E-state index is 12.9. The highest BCUT2D eigenvalue weighted by Crippen LogP contribution is 2.45. The Bertz CT molecular complexity index is 1570. The van der Waals surface area contributed by atoms with Crippen LogP contribution in [0.1, 0.15) is 304 Å². The third-order valence-corrected chi connectivity index (χ3v) is 15.9. The number of unbranched alkanes of at least 4 members (excludes halogenated alkanes) is 33. The van der Waals surface area contributed by atoms with Crippen molar-refractivity contribution in [1.29, 1.82) is 0 Å². The molecule has 5 atom stereocenters. The van der Waals surface area contributed by atoms with Gasteiger partial charge in [-0.2, -0.15) is 0 Å². The number of carbonyl (C=O) groups is 4. The van der Waals surface area contributed by atoms with E-state index < -0.39 is 97.5 Å². The number of hydrogen-bond acceptors (Lipinski definition) is 15. The van der Waals surface area contributed by atoms with Crippen LogP contribution in [0.2, 0.25) is 0 Å². The molecule has 0 heterocycles. The Morgan fingerprint density at radius 3 is 0.850 bits per heavy atom. The van der Waals surface area contributed by atoms with E-state index in [2.05, 4.69) is 34.6 Å². The summed E-state index contributed by atoms with van der Waals surface area (Å²) in [6.07, 6.45) is 37.6. The van der Waals surface area contributed by atoms with Crippen molar-refractivity contribution < 1.29 is 80.2 Å². The number of ether oxygens (including phenoxy) is 4. The predicted octanol–water partition coefficient (Wildman–Crippen LogP) is 16.6. The summed E-state index contributed by atoms with van der Waals surface area (Å²) < 4.78 is 67.8. The summed E-state index contributed by atoms with van der Waals surface area (Å²) in [6, 6.07) is 0. The summed E-state index contributed by atoms with van der Waals surface area (Å²) in [5.74, 6) is -1.43. The van der Waals surface area contributed by atoms with Crippen molar-refractivity contribution in [3.63, 3.8) is 0 Å².